The van der Waals surface area contributed by atoms with E-state index in [0.29, 0.717) is 12.2 Å². The first-order valence-corrected chi connectivity index (χ1v) is 7.65. The SMILES string of the molecule is C=C[C@H](C)NC(=O)c1cc(O)c(-c2ccc3c(c2)OCC3)[nH]c1=O. The maximum atomic E-state index is 12.2. The number of aromatic amines is 1. The van der Waals surface area contributed by atoms with Gasteiger partial charge in [-0.25, -0.2) is 0 Å². The first kappa shape index (κ1) is 15.9. The lowest BCUT2D eigenvalue weighted by molar-refractivity contribution is 0.0945. The summed E-state index contributed by atoms with van der Waals surface area (Å²) in [5.41, 5.74) is 1.25. The number of amides is 1. The average molecular weight is 326 g/mol. The van der Waals surface area contributed by atoms with Crippen molar-refractivity contribution in [1.82, 2.24) is 10.3 Å². The zero-order valence-corrected chi connectivity index (χ0v) is 13.3. The Hall–Kier alpha value is -3.02. The third-order valence-electron chi connectivity index (χ3n) is 3.96. The topological polar surface area (TPSA) is 91.4 Å². The molecular formula is C18H18N2O4. The molecule has 0 fully saturated rings. The first-order chi connectivity index (χ1) is 11.5. The van der Waals surface area contributed by atoms with Crippen molar-refractivity contribution in [3.63, 3.8) is 0 Å². The second kappa shape index (κ2) is 6.23. The Labute approximate surface area is 138 Å². The van der Waals surface area contributed by atoms with Gasteiger partial charge in [-0.05, 0) is 18.6 Å². The molecule has 1 amide bonds. The molecule has 2 aromatic rings. The van der Waals surface area contributed by atoms with Gasteiger partial charge in [0.2, 0.25) is 0 Å². The highest BCUT2D eigenvalue weighted by Crippen LogP contribution is 2.33. The van der Waals surface area contributed by atoms with Crippen LogP contribution in [0.3, 0.4) is 0 Å². The van der Waals surface area contributed by atoms with Gasteiger partial charge in [0, 0.05) is 24.1 Å². The predicted molar refractivity (Wildman–Crippen MR) is 90.5 cm³/mol. The molecule has 6 nitrogen and oxygen atoms in total. The monoisotopic (exact) mass is 326 g/mol. The number of H-pyrrole nitrogens is 1. The van der Waals surface area contributed by atoms with E-state index in [1.807, 2.05) is 6.07 Å². The number of carbonyl (C=O) groups is 1. The Bertz CT molecular complexity index is 870. The van der Waals surface area contributed by atoms with Crippen molar-refractivity contribution in [2.24, 2.45) is 0 Å². The van der Waals surface area contributed by atoms with Gasteiger partial charge in [-0.1, -0.05) is 18.2 Å². The Balaban J connectivity index is 1.97. The van der Waals surface area contributed by atoms with Gasteiger partial charge < -0.3 is 20.1 Å². The van der Waals surface area contributed by atoms with E-state index in [1.165, 1.54) is 6.07 Å². The molecule has 1 aliphatic rings. The number of aromatic hydroxyl groups is 1. The van der Waals surface area contributed by atoms with E-state index in [9.17, 15) is 14.7 Å². The third-order valence-corrected chi connectivity index (χ3v) is 3.96. The average Bonchev–Trinajstić information content (AvgIpc) is 3.03. The maximum Gasteiger partial charge on any atom is 0.261 e. The molecule has 0 bridgehead atoms. The highest BCUT2D eigenvalue weighted by atomic mass is 16.5. The van der Waals surface area contributed by atoms with Crippen LogP contribution in [0.15, 0.2) is 41.7 Å². The van der Waals surface area contributed by atoms with Gasteiger partial charge in [0.1, 0.15) is 17.1 Å². The molecule has 2 heterocycles. The molecular weight excluding hydrogens is 308 g/mol. The molecule has 0 saturated carbocycles. The van der Waals surface area contributed by atoms with Gasteiger partial charge in [-0.15, -0.1) is 6.58 Å². The Kier molecular flexibility index (Phi) is 4.12. The number of aromatic nitrogens is 1. The van der Waals surface area contributed by atoms with Crippen LogP contribution in [0.4, 0.5) is 0 Å². The molecule has 1 atom stereocenters. The summed E-state index contributed by atoms with van der Waals surface area (Å²) in [6, 6.07) is 6.37. The second-order valence-corrected chi connectivity index (χ2v) is 5.69. The van der Waals surface area contributed by atoms with Crippen molar-refractivity contribution < 1.29 is 14.6 Å². The minimum Gasteiger partial charge on any atom is -0.506 e. The third kappa shape index (κ3) is 2.90. The lowest BCUT2D eigenvalue weighted by atomic mass is 10.1. The summed E-state index contributed by atoms with van der Waals surface area (Å²) in [6.07, 6.45) is 2.39. The fourth-order valence-corrected chi connectivity index (χ4v) is 2.57. The Morgan fingerprint density at radius 1 is 1.46 bits per heavy atom. The number of hydrogen-bond acceptors (Lipinski definition) is 4. The first-order valence-electron chi connectivity index (χ1n) is 7.65. The number of carbonyl (C=O) groups excluding carboxylic acids is 1. The quantitative estimate of drug-likeness (QED) is 0.749. The van der Waals surface area contributed by atoms with Gasteiger partial charge in [0.15, 0.2) is 0 Å². The number of rotatable bonds is 4. The number of benzene rings is 1. The zero-order chi connectivity index (χ0) is 17.3. The number of pyridine rings is 1. The van der Waals surface area contributed by atoms with Crippen LogP contribution in [-0.4, -0.2) is 28.6 Å². The van der Waals surface area contributed by atoms with Crippen molar-refractivity contribution in [3.8, 4) is 22.8 Å². The summed E-state index contributed by atoms with van der Waals surface area (Å²) in [7, 11) is 0. The van der Waals surface area contributed by atoms with Gasteiger partial charge in [-0.2, -0.15) is 0 Å². The van der Waals surface area contributed by atoms with Crippen LogP contribution in [0, 0.1) is 0 Å². The van der Waals surface area contributed by atoms with E-state index in [2.05, 4.69) is 16.9 Å². The highest BCUT2D eigenvalue weighted by Gasteiger charge is 2.18. The number of fused-ring (bicyclic) bond motifs is 1. The molecule has 0 unspecified atom stereocenters. The molecule has 3 N–H and O–H groups in total. The number of nitrogens with one attached hydrogen (secondary N) is 2. The molecule has 1 aromatic heterocycles. The van der Waals surface area contributed by atoms with Crippen molar-refractivity contribution in [3.05, 3.63) is 58.4 Å². The molecule has 1 aromatic carbocycles. The summed E-state index contributed by atoms with van der Waals surface area (Å²) in [4.78, 5) is 26.9. The van der Waals surface area contributed by atoms with E-state index in [-0.39, 0.29) is 23.0 Å². The van der Waals surface area contributed by atoms with Gasteiger partial charge in [0.25, 0.3) is 11.5 Å². The minimum atomic E-state index is -0.571. The van der Waals surface area contributed by atoms with Crippen LogP contribution in [0.1, 0.15) is 22.8 Å². The lowest BCUT2D eigenvalue weighted by Gasteiger charge is -2.11. The minimum absolute atomic E-state index is 0.151. The van der Waals surface area contributed by atoms with Crippen LogP contribution in [0.5, 0.6) is 11.5 Å². The fraction of sp³-hybridized carbons (Fsp3) is 0.222. The van der Waals surface area contributed by atoms with E-state index < -0.39 is 11.5 Å². The van der Waals surface area contributed by atoms with Crippen LogP contribution in [0.2, 0.25) is 0 Å². The summed E-state index contributed by atoms with van der Waals surface area (Å²) in [5, 5.41) is 12.8. The van der Waals surface area contributed by atoms with Crippen LogP contribution >= 0.6 is 0 Å². The van der Waals surface area contributed by atoms with E-state index in [4.69, 9.17) is 4.74 Å². The Morgan fingerprint density at radius 3 is 3.00 bits per heavy atom. The smallest absolute Gasteiger partial charge is 0.261 e. The van der Waals surface area contributed by atoms with Crippen molar-refractivity contribution in [1.29, 1.82) is 0 Å². The van der Waals surface area contributed by atoms with Crippen LogP contribution < -0.4 is 15.6 Å². The van der Waals surface area contributed by atoms with E-state index in [1.54, 1.807) is 25.1 Å². The molecule has 6 heteroatoms. The summed E-state index contributed by atoms with van der Waals surface area (Å²) in [5.74, 6) is 0.00103. The van der Waals surface area contributed by atoms with Crippen molar-refractivity contribution >= 4 is 5.91 Å². The number of hydrogen-bond donors (Lipinski definition) is 3. The van der Waals surface area contributed by atoms with Crippen molar-refractivity contribution in [2.75, 3.05) is 6.61 Å². The van der Waals surface area contributed by atoms with Gasteiger partial charge in [0.05, 0.1) is 12.3 Å². The summed E-state index contributed by atoms with van der Waals surface area (Å²) >= 11 is 0. The largest absolute Gasteiger partial charge is 0.506 e. The zero-order valence-electron chi connectivity index (χ0n) is 13.3. The highest BCUT2D eigenvalue weighted by molar-refractivity contribution is 5.95. The molecule has 0 saturated heterocycles. The normalized spacial score (nSPS) is 13.7. The molecule has 124 valence electrons. The number of ether oxygens (including phenoxy) is 1. The molecule has 1 aliphatic heterocycles. The maximum absolute atomic E-state index is 12.2. The second-order valence-electron chi connectivity index (χ2n) is 5.69. The van der Waals surface area contributed by atoms with E-state index in [0.717, 1.165) is 17.7 Å². The van der Waals surface area contributed by atoms with Gasteiger partial charge >= 0.3 is 0 Å². The lowest BCUT2D eigenvalue weighted by Crippen LogP contribution is -2.34. The van der Waals surface area contributed by atoms with Crippen molar-refractivity contribution in [2.45, 2.75) is 19.4 Å². The van der Waals surface area contributed by atoms with Crippen LogP contribution in [-0.2, 0) is 6.42 Å². The molecule has 3 rings (SSSR count). The summed E-state index contributed by atoms with van der Waals surface area (Å²) < 4.78 is 5.50. The van der Waals surface area contributed by atoms with Gasteiger partial charge in [-0.3, -0.25) is 9.59 Å². The van der Waals surface area contributed by atoms with Crippen LogP contribution in [0.25, 0.3) is 11.3 Å². The Morgan fingerprint density at radius 2 is 2.25 bits per heavy atom. The predicted octanol–water partition coefficient (Wildman–Crippen LogP) is 1.99. The fourth-order valence-electron chi connectivity index (χ4n) is 2.57. The summed E-state index contributed by atoms with van der Waals surface area (Å²) in [6.45, 7) is 5.93. The standard InChI is InChI=1S/C18H18N2O4/c1-3-10(2)19-17(22)13-9-14(21)16(20-18(13)23)12-5-4-11-6-7-24-15(11)8-12/h3-5,8-10,21H,1,6-7H2,2H3,(H,19,22)(H,20,23)/t10-/m0/s1. The molecule has 0 aliphatic carbocycles. The molecule has 0 spiro atoms. The van der Waals surface area contributed by atoms with E-state index >= 15 is 0 Å². The molecule has 0 radical (unpaired) electrons. The molecule has 24 heavy (non-hydrogen) atoms.